The first-order valence-electron chi connectivity index (χ1n) is 11.9. The number of anilines is 2. The average molecular weight is 578 g/mol. The van der Waals surface area contributed by atoms with E-state index in [1.165, 1.54) is 47.8 Å². The summed E-state index contributed by atoms with van der Waals surface area (Å²) in [5.41, 5.74) is 1.06. The molecule has 3 aromatic rings. The molecule has 38 heavy (non-hydrogen) atoms. The summed E-state index contributed by atoms with van der Waals surface area (Å²) in [4.78, 5) is 13.3. The SMILES string of the molecule is COc1ccc(S(=O)(=O)N2CCCC2)cc1NC(=O)CN(c1ccc(C)c(Cl)c1)S(=O)(=O)c1ccccc1. The lowest BCUT2D eigenvalue weighted by atomic mass is 10.2. The van der Waals surface area contributed by atoms with Gasteiger partial charge in [0, 0.05) is 18.1 Å². The van der Waals surface area contributed by atoms with Gasteiger partial charge in [0.1, 0.15) is 12.3 Å². The van der Waals surface area contributed by atoms with Crippen LogP contribution in [0.2, 0.25) is 5.02 Å². The van der Waals surface area contributed by atoms with E-state index in [1.807, 2.05) is 0 Å². The number of nitrogens with one attached hydrogen (secondary N) is 1. The average Bonchev–Trinajstić information content (AvgIpc) is 3.45. The largest absolute Gasteiger partial charge is 0.495 e. The van der Waals surface area contributed by atoms with E-state index >= 15 is 0 Å². The number of carbonyl (C=O) groups excluding carboxylic acids is 1. The molecule has 1 saturated heterocycles. The fourth-order valence-electron chi connectivity index (χ4n) is 4.11. The summed E-state index contributed by atoms with van der Waals surface area (Å²) >= 11 is 6.27. The zero-order chi connectivity index (χ0) is 27.5. The van der Waals surface area contributed by atoms with E-state index < -0.39 is 32.5 Å². The standard InChI is InChI=1S/C26H28ClN3O6S2/c1-19-10-11-20(16-23(19)27)30(38(34,35)21-8-4-3-5-9-21)18-26(31)28-24-17-22(12-13-25(24)36-2)37(32,33)29-14-6-7-15-29/h3-5,8-13,16-17H,6-7,14-15,18H2,1-2H3,(H,28,31). The second kappa shape index (κ2) is 11.3. The molecule has 202 valence electrons. The Kier molecular flexibility index (Phi) is 8.31. The number of hydrogen-bond donors (Lipinski definition) is 1. The van der Waals surface area contributed by atoms with Crippen molar-refractivity contribution in [3.8, 4) is 5.75 Å². The maximum Gasteiger partial charge on any atom is 0.264 e. The zero-order valence-electron chi connectivity index (χ0n) is 20.9. The van der Waals surface area contributed by atoms with Gasteiger partial charge in [-0.2, -0.15) is 4.31 Å². The molecule has 0 saturated carbocycles. The van der Waals surface area contributed by atoms with Crippen LogP contribution in [0.4, 0.5) is 11.4 Å². The molecule has 0 atom stereocenters. The van der Waals surface area contributed by atoms with Gasteiger partial charge in [0.05, 0.1) is 28.3 Å². The van der Waals surface area contributed by atoms with Crippen LogP contribution in [0, 0.1) is 6.92 Å². The number of benzene rings is 3. The maximum absolute atomic E-state index is 13.6. The molecule has 9 nitrogen and oxygen atoms in total. The molecule has 0 aromatic heterocycles. The Labute approximate surface area is 228 Å². The van der Waals surface area contributed by atoms with Crippen LogP contribution in [-0.2, 0) is 24.8 Å². The number of nitrogens with zero attached hydrogens (tertiary/aromatic N) is 2. The van der Waals surface area contributed by atoms with E-state index in [2.05, 4.69) is 5.32 Å². The van der Waals surface area contributed by atoms with Gasteiger partial charge in [0.25, 0.3) is 10.0 Å². The molecule has 12 heteroatoms. The van der Waals surface area contributed by atoms with E-state index in [0.717, 1.165) is 22.7 Å². The van der Waals surface area contributed by atoms with Gasteiger partial charge in [-0.3, -0.25) is 9.10 Å². The Morgan fingerprint density at radius 2 is 1.66 bits per heavy atom. The van der Waals surface area contributed by atoms with Gasteiger partial charge in [-0.05, 0) is 67.8 Å². The highest BCUT2D eigenvalue weighted by atomic mass is 35.5. The Balaban J connectivity index is 1.67. The van der Waals surface area contributed by atoms with Gasteiger partial charge >= 0.3 is 0 Å². The lowest BCUT2D eigenvalue weighted by molar-refractivity contribution is -0.114. The predicted octanol–water partition coefficient (Wildman–Crippen LogP) is 4.28. The van der Waals surface area contributed by atoms with Crippen molar-refractivity contribution in [3.63, 3.8) is 0 Å². The molecule has 0 unspecified atom stereocenters. The van der Waals surface area contributed by atoms with Gasteiger partial charge in [-0.15, -0.1) is 0 Å². The van der Waals surface area contributed by atoms with Gasteiger partial charge in [-0.1, -0.05) is 35.9 Å². The number of hydrogen-bond acceptors (Lipinski definition) is 6. The van der Waals surface area contributed by atoms with Crippen molar-refractivity contribution >= 4 is 48.9 Å². The number of sulfonamides is 2. The van der Waals surface area contributed by atoms with Crippen LogP contribution < -0.4 is 14.4 Å². The lowest BCUT2D eigenvalue weighted by Gasteiger charge is -2.25. The van der Waals surface area contributed by atoms with Crippen LogP contribution in [0.1, 0.15) is 18.4 Å². The molecule has 1 aliphatic heterocycles. The second-order valence-electron chi connectivity index (χ2n) is 8.78. The minimum absolute atomic E-state index is 0.000724. The molecule has 1 N–H and O–H groups in total. The van der Waals surface area contributed by atoms with Gasteiger partial charge < -0.3 is 10.1 Å². The van der Waals surface area contributed by atoms with Crippen LogP contribution in [0.3, 0.4) is 0 Å². The number of aryl methyl sites for hydroxylation is 1. The monoisotopic (exact) mass is 577 g/mol. The molecule has 1 heterocycles. The lowest BCUT2D eigenvalue weighted by Crippen LogP contribution is -2.38. The molecular formula is C26H28ClN3O6S2. The quantitative estimate of drug-likeness (QED) is 0.406. The first kappa shape index (κ1) is 27.9. The van der Waals surface area contributed by atoms with Gasteiger partial charge in [0.2, 0.25) is 15.9 Å². The van der Waals surface area contributed by atoms with Crippen molar-refractivity contribution in [2.75, 3.05) is 36.4 Å². The number of halogens is 1. The highest BCUT2D eigenvalue weighted by molar-refractivity contribution is 7.92. The smallest absolute Gasteiger partial charge is 0.264 e. The van der Waals surface area contributed by atoms with E-state index in [-0.39, 0.29) is 26.9 Å². The Hall–Kier alpha value is -3.12. The van der Waals surface area contributed by atoms with Crippen LogP contribution in [0.15, 0.2) is 76.5 Å². The molecule has 3 aromatic carbocycles. The molecular weight excluding hydrogens is 550 g/mol. The second-order valence-corrected chi connectivity index (χ2v) is 13.0. The van der Waals surface area contributed by atoms with Gasteiger partial charge in [0.15, 0.2) is 0 Å². The summed E-state index contributed by atoms with van der Waals surface area (Å²) in [7, 11) is -6.51. The third kappa shape index (κ3) is 5.80. The fourth-order valence-corrected chi connectivity index (χ4v) is 7.27. The first-order chi connectivity index (χ1) is 18.0. The molecule has 1 aliphatic rings. The number of carbonyl (C=O) groups is 1. The summed E-state index contributed by atoms with van der Waals surface area (Å²) in [5.74, 6) is -0.468. The summed E-state index contributed by atoms with van der Waals surface area (Å²) in [5, 5.41) is 2.97. The van der Waals surface area contributed by atoms with E-state index in [9.17, 15) is 21.6 Å². The highest BCUT2D eigenvalue weighted by Gasteiger charge is 2.30. The van der Waals surface area contributed by atoms with Crippen LogP contribution in [0.5, 0.6) is 5.75 Å². The summed E-state index contributed by atoms with van der Waals surface area (Å²) in [6.07, 6.45) is 1.57. The molecule has 1 amide bonds. The number of rotatable bonds is 9. The molecule has 0 bridgehead atoms. The molecule has 4 rings (SSSR count). The molecule has 1 fully saturated rings. The zero-order valence-corrected chi connectivity index (χ0v) is 23.3. The Morgan fingerprint density at radius 3 is 2.29 bits per heavy atom. The van der Waals surface area contributed by atoms with E-state index in [0.29, 0.717) is 18.1 Å². The predicted molar refractivity (Wildman–Crippen MR) is 147 cm³/mol. The van der Waals surface area contributed by atoms with E-state index in [1.54, 1.807) is 37.3 Å². The van der Waals surface area contributed by atoms with Crippen LogP contribution in [0.25, 0.3) is 0 Å². The van der Waals surface area contributed by atoms with Crippen molar-refractivity contribution in [2.24, 2.45) is 0 Å². The summed E-state index contributed by atoms with van der Waals surface area (Å²) < 4.78 is 60.9. The van der Waals surface area contributed by atoms with Crippen molar-refractivity contribution in [1.29, 1.82) is 0 Å². The normalized spacial score (nSPS) is 14.3. The van der Waals surface area contributed by atoms with Gasteiger partial charge in [-0.25, -0.2) is 16.8 Å². The van der Waals surface area contributed by atoms with Crippen molar-refractivity contribution in [3.05, 3.63) is 77.3 Å². The van der Waals surface area contributed by atoms with Crippen molar-refractivity contribution < 1.29 is 26.4 Å². The highest BCUT2D eigenvalue weighted by Crippen LogP contribution is 2.31. The van der Waals surface area contributed by atoms with Crippen molar-refractivity contribution in [1.82, 2.24) is 4.31 Å². The number of amides is 1. The number of ether oxygens (including phenoxy) is 1. The molecule has 0 radical (unpaired) electrons. The molecule has 0 spiro atoms. The topological polar surface area (TPSA) is 113 Å². The molecule has 0 aliphatic carbocycles. The maximum atomic E-state index is 13.6. The third-order valence-electron chi connectivity index (χ3n) is 6.21. The minimum Gasteiger partial charge on any atom is -0.495 e. The third-order valence-corrected chi connectivity index (χ3v) is 10.3. The summed E-state index contributed by atoms with van der Waals surface area (Å²) in [6.45, 7) is 2.05. The van der Waals surface area contributed by atoms with Crippen LogP contribution >= 0.6 is 11.6 Å². The Morgan fingerprint density at radius 1 is 0.974 bits per heavy atom. The van der Waals surface area contributed by atoms with Crippen LogP contribution in [-0.4, -0.2) is 53.8 Å². The minimum atomic E-state index is -4.15. The number of methoxy groups -OCH3 is 1. The Bertz CT molecular complexity index is 1540. The van der Waals surface area contributed by atoms with E-state index in [4.69, 9.17) is 16.3 Å². The van der Waals surface area contributed by atoms with Crippen molar-refractivity contribution in [2.45, 2.75) is 29.6 Å². The fraction of sp³-hybridized carbons (Fsp3) is 0.269. The summed E-state index contributed by atoms with van der Waals surface area (Å²) in [6, 6.07) is 16.6. The first-order valence-corrected chi connectivity index (χ1v) is 15.1.